The summed E-state index contributed by atoms with van der Waals surface area (Å²) in [6.45, 7) is 2.23. The fraction of sp³-hybridized carbons (Fsp3) is 0.250. The molecule has 92 valence electrons. The highest BCUT2D eigenvalue weighted by Crippen LogP contribution is 2.40. The first kappa shape index (κ1) is 11.1. The first-order valence-corrected chi connectivity index (χ1v) is 6.63. The van der Waals surface area contributed by atoms with Gasteiger partial charge in [0.2, 0.25) is 0 Å². The first-order chi connectivity index (χ1) is 8.88. The number of benzene rings is 2. The van der Waals surface area contributed by atoms with Crippen LogP contribution in [0.15, 0.2) is 42.5 Å². The van der Waals surface area contributed by atoms with E-state index in [0.29, 0.717) is 0 Å². The van der Waals surface area contributed by atoms with Crippen LogP contribution in [0.5, 0.6) is 0 Å². The van der Waals surface area contributed by atoms with Crippen LogP contribution in [-0.2, 0) is 6.42 Å². The normalized spacial score (nSPS) is 12.1. The molecule has 0 bridgehead atoms. The summed E-state index contributed by atoms with van der Waals surface area (Å²) in [6.07, 6.45) is 3.60. The lowest BCUT2D eigenvalue weighted by Crippen LogP contribution is -2.08. The van der Waals surface area contributed by atoms with Crippen molar-refractivity contribution in [3.05, 3.63) is 48.0 Å². The lowest BCUT2D eigenvalue weighted by Gasteiger charge is -2.25. The molecular weight excluding hydrogens is 220 g/mol. The zero-order valence-corrected chi connectivity index (χ0v) is 10.7. The average Bonchev–Trinajstić information content (AvgIpc) is 2.43. The monoisotopic (exact) mass is 238 g/mol. The Balaban J connectivity index is 1.97. The Labute approximate surface area is 108 Å². The second-order valence-corrected chi connectivity index (χ2v) is 4.74. The van der Waals surface area contributed by atoms with Gasteiger partial charge in [0.25, 0.3) is 0 Å². The van der Waals surface area contributed by atoms with Gasteiger partial charge in [-0.15, -0.1) is 0 Å². The SMILES string of the molecule is CCCCc1cccc2c1Nc1ccccc1N2. The molecule has 1 heterocycles. The van der Waals surface area contributed by atoms with E-state index in [9.17, 15) is 0 Å². The van der Waals surface area contributed by atoms with Crippen LogP contribution in [0.1, 0.15) is 25.3 Å². The molecule has 1 aliphatic rings. The third kappa shape index (κ3) is 1.94. The van der Waals surface area contributed by atoms with Crippen LogP contribution in [0.4, 0.5) is 22.7 Å². The van der Waals surface area contributed by atoms with E-state index in [1.54, 1.807) is 0 Å². The predicted octanol–water partition coefficient (Wildman–Crippen LogP) is 4.83. The predicted molar refractivity (Wildman–Crippen MR) is 78.1 cm³/mol. The molecule has 0 fully saturated rings. The molecule has 0 amide bonds. The summed E-state index contributed by atoms with van der Waals surface area (Å²) in [4.78, 5) is 0. The molecule has 0 radical (unpaired) electrons. The lowest BCUT2D eigenvalue weighted by atomic mass is 10.0. The van der Waals surface area contributed by atoms with Gasteiger partial charge in [-0.25, -0.2) is 0 Å². The molecule has 0 aromatic heterocycles. The van der Waals surface area contributed by atoms with Gasteiger partial charge in [0.15, 0.2) is 0 Å². The van der Waals surface area contributed by atoms with Crippen molar-refractivity contribution in [2.24, 2.45) is 0 Å². The standard InChI is InChI=1S/C16H18N2/c1-2-3-7-12-8-6-11-15-16(12)18-14-10-5-4-9-13(14)17-15/h4-6,8-11,17-18H,2-3,7H2,1H3. The van der Waals surface area contributed by atoms with Crippen molar-refractivity contribution >= 4 is 22.7 Å². The van der Waals surface area contributed by atoms with Crippen LogP contribution in [0.3, 0.4) is 0 Å². The maximum atomic E-state index is 3.56. The highest BCUT2D eigenvalue weighted by molar-refractivity contribution is 5.91. The number of aryl methyl sites for hydroxylation is 1. The fourth-order valence-corrected chi connectivity index (χ4v) is 2.41. The number of unbranched alkanes of at least 4 members (excludes halogenated alkanes) is 1. The topological polar surface area (TPSA) is 24.1 Å². The number of anilines is 4. The molecule has 0 saturated carbocycles. The zero-order valence-electron chi connectivity index (χ0n) is 10.7. The van der Waals surface area contributed by atoms with Crippen molar-refractivity contribution in [3.8, 4) is 0 Å². The molecule has 0 aliphatic carbocycles. The summed E-state index contributed by atoms with van der Waals surface area (Å²) in [5.74, 6) is 0. The molecule has 18 heavy (non-hydrogen) atoms. The molecular formula is C16H18N2. The number of hydrogen-bond donors (Lipinski definition) is 2. The van der Waals surface area contributed by atoms with Crippen molar-refractivity contribution in [1.82, 2.24) is 0 Å². The van der Waals surface area contributed by atoms with Gasteiger partial charge in [-0.3, -0.25) is 0 Å². The van der Waals surface area contributed by atoms with Gasteiger partial charge in [-0.2, -0.15) is 0 Å². The summed E-state index contributed by atoms with van der Waals surface area (Å²) in [6, 6.07) is 14.8. The van der Waals surface area contributed by atoms with Crippen LogP contribution >= 0.6 is 0 Å². The van der Waals surface area contributed by atoms with E-state index in [1.165, 1.54) is 29.8 Å². The Morgan fingerprint density at radius 3 is 2.33 bits per heavy atom. The van der Waals surface area contributed by atoms with E-state index in [1.807, 2.05) is 0 Å². The van der Waals surface area contributed by atoms with Crippen molar-refractivity contribution in [2.45, 2.75) is 26.2 Å². The molecule has 0 atom stereocenters. The average molecular weight is 238 g/mol. The highest BCUT2D eigenvalue weighted by atomic mass is 15.0. The third-order valence-corrected chi connectivity index (χ3v) is 3.41. The van der Waals surface area contributed by atoms with Crippen molar-refractivity contribution < 1.29 is 0 Å². The smallest absolute Gasteiger partial charge is 0.0656 e. The summed E-state index contributed by atoms with van der Waals surface area (Å²) in [5, 5.41) is 7.05. The maximum absolute atomic E-state index is 3.56. The minimum atomic E-state index is 1.14. The molecule has 3 rings (SSSR count). The molecule has 2 aromatic carbocycles. The van der Waals surface area contributed by atoms with E-state index in [0.717, 1.165) is 17.8 Å². The fourth-order valence-electron chi connectivity index (χ4n) is 2.41. The molecule has 0 spiro atoms. The summed E-state index contributed by atoms with van der Waals surface area (Å²) >= 11 is 0. The van der Waals surface area contributed by atoms with E-state index in [-0.39, 0.29) is 0 Å². The minimum Gasteiger partial charge on any atom is -0.352 e. The van der Waals surface area contributed by atoms with Gasteiger partial charge >= 0.3 is 0 Å². The van der Waals surface area contributed by atoms with Gasteiger partial charge in [0.05, 0.1) is 22.7 Å². The van der Waals surface area contributed by atoms with E-state index in [4.69, 9.17) is 0 Å². The number of nitrogens with one attached hydrogen (secondary N) is 2. The Bertz CT molecular complexity index is 561. The number of para-hydroxylation sites is 3. The lowest BCUT2D eigenvalue weighted by molar-refractivity contribution is 0.796. The Morgan fingerprint density at radius 2 is 1.56 bits per heavy atom. The second-order valence-electron chi connectivity index (χ2n) is 4.74. The zero-order chi connectivity index (χ0) is 12.4. The Hall–Kier alpha value is -1.96. The summed E-state index contributed by atoms with van der Waals surface area (Å²) < 4.78 is 0. The third-order valence-electron chi connectivity index (χ3n) is 3.41. The number of rotatable bonds is 3. The van der Waals surface area contributed by atoms with Gasteiger partial charge < -0.3 is 10.6 Å². The molecule has 0 saturated heterocycles. The number of fused-ring (bicyclic) bond motifs is 2. The molecule has 2 N–H and O–H groups in total. The van der Waals surface area contributed by atoms with E-state index in [2.05, 4.69) is 60.0 Å². The van der Waals surface area contributed by atoms with Crippen LogP contribution in [-0.4, -0.2) is 0 Å². The quantitative estimate of drug-likeness (QED) is 0.683. The van der Waals surface area contributed by atoms with Crippen LogP contribution in [0.25, 0.3) is 0 Å². The summed E-state index contributed by atoms with van der Waals surface area (Å²) in [7, 11) is 0. The largest absolute Gasteiger partial charge is 0.352 e. The van der Waals surface area contributed by atoms with Crippen LogP contribution < -0.4 is 10.6 Å². The van der Waals surface area contributed by atoms with Gasteiger partial charge in [0.1, 0.15) is 0 Å². The van der Waals surface area contributed by atoms with Gasteiger partial charge in [-0.1, -0.05) is 37.6 Å². The van der Waals surface area contributed by atoms with E-state index >= 15 is 0 Å². The molecule has 2 nitrogen and oxygen atoms in total. The summed E-state index contributed by atoms with van der Waals surface area (Å²) in [5.41, 5.74) is 6.13. The van der Waals surface area contributed by atoms with Gasteiger partial charge in [0, 0.05) is 0 Å². The van der Waals surface area contributed by atoms with Crippen LogP contribution in [0, 0.1) is 0 Å². The first-order valence-electron chi connectivity index (χ1n) is 6.63. The maximum Gasteiger partial charge on any atom is 0.0656 e. The van der Waals surface area contributed by atoms with Crippen molar-refractivity contribution in [3.63, 3.8) is 0 Å². The molecule has 0 unspecified atom stereocenters. The second kappa shape index (κ2) is 4.73. The van der Waals surface area contributed by atoms with Gasteiger partial charge in [-0.05, 0) is 36.6 Å². The molecule has 1 aliphatic heterocycles. The van der Waals surface area contributed by atoms with Crippen molar-refractivity contribution in [1.29, 1.82) is 0 Å². The van der Waals surface area contributed by atoms with Crippen LogP contribution in [0.2, 0.25) is 0 Å². The Morgan fingerprint density at radius 1 is 0.833 bits per heavy atom. The van der Waals surface area contributed by atoms with Crippen molar-refractivity contribution in [2.75, 3.05) is 10.6 Å². The molecule has 2 heteroatoms. The molecule has 2 aromatic rings. The Kier molecular flexibility index (Phi) is 2.93. The highest BCUT2D eigenvalue weighted by Gasteiger charge is 2.15. The van der Waals surface area contributed by atoms with E-state index < -0.39 is 0 Å². The minimum absolute atomic E-state index is 1.14. The number of hydrogen-bond acceptors (Lipinski definition) is 2.